The van der Waals surface area contributed by atoms with E-state index in [0.29, 0.717) is 23.8 Å². The van der Waals surface area contributed by atoms with Crippen molar-refractivity contribution in [2.75, 3.05) is 31.2 Å². The highest BCUT2D eigenvalue weighted by atomic mass is 32.2. The molecule has 8 nitrogen and oxygen atoms in total. The van der Waals surface area contributed by atoms with E-state index in [-0.39, 0.29) is 17.3 Å². The van der Waals surface area contributed by atoms with Crippen LogP contribution in [0, 0.1) is 6.92 Å². The summed E-state index contributed by atoms with van der Waals surface area (Å²) in [5.41, 5.74) is 1.47. The smallest absolute Gasteiger partial charge is 0.263 e. The second-order valence-corrected chi connectivity index (χ2v) is 8.42. The van der Waals surface area contributed by atoms with Crippen molar-refractivity contribution >= 4 is 32.4 Å². The van der Waals surface area contributed by atoms with Crippen LogP contribution in [0.3, 0.4) is 0 Å². The van der Waals surface area contributed by atoms with Gasteiger partial charge < -0.3 is 15.0 Å². The molecule has 1 aliphatic heterocycles. The number of aromatic nitrogens is 1. The molecule has 1 fully saturated rings. The summed E-state index contributed by atoms with van der Waals surface area (Å²) < 4.78 is 27.8. The van der Waals surface area contributed by atoms with Crippen molar-refractivity contribution in [3.05, 3.63) is 40.4 Å². The molecule has 0 saturated carbocycles. The summed E-state index contributed by atoms with van der Waals surface area (Å²) in [7, 11) is -3.71. The number of sulfonamides is 1. The fourth-order valence-corrected chi connectivity index (χ4v) is 4.09. The predicted octanol–water partition coefficient (Wildman–Crippen LogP) is 0.866. The maximum absolute atomic E-state index is 12.5. The van der Waals surface area contributed by atoms with Gasteiger partial charge in [-0.2, -0.15) is 0 Å². The van der Waals surface area contributed by atoms with E-state index in [1.807, 2.05) is 6.92 Å². The number of nitrogens with one attached hydrogen (secondary N) is 1. The van der Waals surface area contributed by atoms with E-state index in [0.717, 1.165) is 23.8 Å². The first-order valence-corrected chi connectivity index (χ1v) is 10.4. The van der Waals surface area contributed by atoms with Crippen molar-refractivity contribution in [3.63, 3.8) is 0 Å². The van der Waals surface area contributed by atoms with Crippen LogP contribution in [-0.4, -0.2) is 45.6 Å². The van der Waals surface area contributed by atoms with E-state index in [9.17, 15) is 13.2 Å². The van der Waals surface area contributed by atoms with Crippen molar-refractivity contribution in [2.24, 2.45) is 5.14 Å². The third-order valence-corrected chi connectivity index (χ3v) is 6.12. The van der Waals surface area contributed by atoms with Crippen LogP contribution in [0.1, 0.15) is 20.9 Å². The van der Waals surface area contributed by atoms with E-state index < -0.39 is 10.0 Å². The summed E-state index contributed by atoms with van der Waals surface area (Å²) in [5, 5.41) is 8.74. The Balaban J connectivity index is 1.64. The number of benzene rings is 1. The Hall–Kier alpha value is -2.01. The average Bonchev–Trinajstić information content (AvgIpc) is 3.02. The van der Waals surface area contributed by atoms with E-state index in [4.69, 9.17) is 9.88 Å². The van der Waals surface area contributed by atoms with Gasteiger partial charge in [0.15, 0.2) is 5.13 Å². The molecule has 0 radical (unpaired) electrons. The van der Waals surface area contributed by atoms with Crippen LogP contribution >= 0.6 is 11.3 Å². The number of morpholine rings is 1. The van der Waals surface area contributed by atoms with E-state index in [1.54, 1.807) is 12.1 Å². The number of carbonyl (C=O) groups excluding carboxylic acids is 1. The van der Waals surface area contributed by atoms with Gasteiger partial charge in [-0.3, -0.25) is 4.79 Å². The number of anilines is 1. The first-order valence-electron chi connectivity index (χ1n) is 8.04. The fraction of sp³-hybridized carbons (Fsp3) is 0.375. The number of nitrogens with two attached hydrogens (primary N) is 1. The molecule has 0 aliphatic carbocycles. The van der Waals surface area contributed by atoms with Crippen LogP contribution in [0.15, 0.2) is 29.2 Å². The summed E-state index contributed by atoms with van der Waals surface area (Å²) in [6.07, 6.45) is 0. The molecule has 10 heteroatoms. The van der Waals surface area contributed by atoms with Crippen LogP contribution in [0.2, 0.25) is 0 Å². The molecule has 140 valence electrons. The zero-order valence-corrected chi connectivity index (χ0v) is 15.9. The van der Waals surface area contributed by atoms with Crippen molar-refractivity contribution in [1.29, 1.82) is 0 Å². The number of hydrogen-bond donors (Lipinski definition) is 2. The standard InChI is InChI=1S/C16H20N4O4S2/c1-11-14(25-16(19-11)20-6-8-24-9-7-20)15(21)18-10-12-2-4-13(5-3-12)26(17,22)23/h2-5H,6-10H2,1H3,(H,18,21)(H2,17,22,23). The highest BCUT2D eigenvalue weighted by Crippen LogP contribution is 2.26. The van der Waals surface area contributed by atoms with E-state index >= 15 is 0 Å². The molecule has 0 atom stereocenters. The molecule has 2 heterocycles. The van der Waals surface area contributed by atoms with Crippen molar-refractivity contribution < 1.29 is 17.9 Å². The second kappa shape index (κ2) is 7.70. The quantitative estimate of drug-likeness (QED) is 0.775. The first-order chi connectivity index (χ1) is 12.3. The number of thiazole rings is 1. The van der Waals surface area contributed by atoms with Gasteiger partial charge in [0.1, 0.15) is 4.88 Å². The molecule has 1 aromatic carbocycles. The number of ether oxygens (including phenoxy) is 1. The third kappa shape index (κ3) is 4.39. The van der Waals surface area contributed by atoms with Gasteiger partial charge in [0.05, 0.1) is 23.8 Å². The molecule has 1 amide bonds. The monoisotopic (exact) mass is 396 g/mol. The molecule has 26 heavy (non-hydrogen) atoms. The molecular weight excluding hydrogens is 376 g/mol. The normalized spacial score (nSPS) is 15.1. The summed E-state index contributed by atoms with van der Waals surface area (Å²) >= 11 is 1.37. The third-order valence-electron chi connectivity index (χ3n) is 3.98. The lowest BCUT2D eigenvalue weighted by Crippen LogP contribution is -2.36. The van der Waals surface area contributed by atoms with Gasteiger partial charge >= 0.3 is 0 Å². The second-order valence-electron chi connectivity index (χ2n) is 5.88. The number of nitrogens with zero attached hydrogens (tertiary/aromatic N) is 2. The number of carbonyl (C=O) groups is 1. The van der Waals surface area contributed by atoms with Gasteiger partial charge in [-0.05, 0) is 24.6 Å². The summed E-state index contributed by atoms with van der Waals surface area (Å²) in [5.74, 6) is -0.199. The van der Waals surface area contributed by atoms with Gasteiger partial charge in [0, 0.05) is 19.6 Å². The largest absolute Gasteiger partial charge is 0.378 e. The highest BCUT2D eigenvalue weighted by Gasteiger charge is 2.20. The van der Waals surface area contributed by atoms with E-state index in [2.05, 4.69) is 15.2 Å². The lowest BCUT2D eigenvalue weighted by molar-refractivity contribution is 0.0954. The molecule has 0 unspecified atom stereocenters. The number of primary sulfonamides is 1. The van der Waals surface area contributed by atoms with Gasteiger partial charge in [0.2, 0.25) is 10.0 Å². The van der Waals surface area contributed by atoms with Crippen molar-refractivity contribution in [3.8, 4) is 0 Å². The molecule has 1 saturated heterocycles. The minimum atomic E-state index is -3.71. The Morgan fingerprint density at radius 1 is 1.31 bits per heavy atom. The molecule has 3 N–H and O–H groups in total. The van der Waals surface area contributed by atoms with Gasteiger partial charge in [-0.15, -0.1) is 0 Å². The Kier molecular flexibility index (Phi) is 5.56. The number of rotatable bonds is 5. The average molecular weight is 396 g/mol. The molecule has 1 aliphatic rings. The maximum Gasteiger partial charge on any atom is 0.263 e. The topological polar surface area (TPSA) is 115 Å². The van der Waals surface area contributed by atoms with Crippen molar-refractivity contribution in [2.45, 2.75) is 18.4 Å². The Bertz CT molecular complexity index is 887. The first kappa shape index (κ1) is 18.8. The molecule has 2 aromatic rings. The Labute approximate surface area is 156 Å². The van der Waals surface area contributed by atoms with Crippen molar-refractivity contribution in [1.82, 2.24) is 10.3 Å². The van der Waals surface area contributed by atoms with Gasteiger partial charge in [0.25, 0.3) is 5.91 Å². The maximum atomic E-state index is 12.5. The van der Waals surface area contributed by atoms with Crippen LogP contribution in [0.4, 0.5) is 5.13 Å². The molecule has 3 rings (SSSR count). The summed E-state index contributed by atoms with van der Waals surface area (Å²) in [6, 6.07) is 6.09. The van der Waals surface area contributed by atoms with Gasteiger partial charge in [-0.25, -0.2) is 18.5 Å². The van der Waals surface area contributed by atoms with Crippen LogP contribution in [-0.2, 0) is 21.3 Å². The Morgan fingerprint density at radius 3 is 2.58 bits per heavy atom. The molecule has 0 spiro atoms. The zero-order chi connectivity index (χ0) is 18.7. The number of amides is 1. The summed E-state index contributed by atoms with van der Waals surface area (Å²) in [6.45, 7) is 4.96. The lowest BCUT2D eigenvalue weighted by atomic mass is 10.2. The SMILES string of the molecule is Cc1nc(N2CCOCC2)sc1C(=O)NCc1ccc(S(N)(=O)=O)cc1. The highest BCUT2D eigenvalue weighted by molar-refractivity contribution is 7.89. The zero-order valence-electron chi connectivity index (χ0n) is 14.3. The lowest BCUT2D eigenvalue weighted by Gasteiger charge is -2.25. The molecular formula is C16H20N4O4S2. The number of aryl methyl sites for hydroxylation is 1. The van der Waals surface area contributed by atoms with E-state index in [1.165, 1.54) is 23.5 Å². The van der Waals surface area contributed by atoms with Crippen LogP contribution < -0.4 is 15.4 Å². The predicted molar refractivity (Wildman–Crippen MR) is 98.9 cm³/mol. The van der Waals surface area contributed by atoms with Crippen LogP contribution in [0.5, 0.6) is 0 Å². The molecule has 0 bridgehead atoms. The van der Waals surface area contributed by atoms with Crippen LogP contribution in [0.25, 0.3) is 0 Å². The molecule has 1 aromatic heterocycles. The van der Waals surface area contributed by atoms with Gasteiger partial charge in [-0.1, -0.05) is 23.5 Å². The fourth-order valence-electron chi connectivity index (χ4n) is 2.54. The summed E-state index contributed by atoms with van der Waals surface area (Å²) in [4.78, 5) is 19.7. The number of hydrogen-bond acceptors (Lipinski definition) is 7. The minimum absolute atomic E-state index is 0.0426. The minimum Gasteiger partial charge on any atom is -0.378 e. The Morgan fingerprint density at radius 2 is 1.96 bits per heavy atom.